The number of phenolic OH excluding ortho intramolecular Hbond substituents is 1. The molecule has 2 aromatic carbocycles. The molecule has 10 nitrogen and oxygen atoms in total. The van der Waals surface area contributed by atoms with E-state index in [4.69, 9.17) is 4.42 Å². The van der Waals surface area contributed by atoms with E-state index in [0.29, 0.717) is 22.8 Å². The number of tetrazole rings is 1. The predicted octanol–water partition coefficient (Wildman–Crippen LogP) is 3.64. The van der Waals surface area contributed by atoms with Gasteiger partial charge in [0.1, 0.15) is 24.1 Å². The van der Waals surface area contributed by atoms with Gasteiger partial charge >= 0.3 is 0 Å². The predicted molar refractivity (Wildman–Crippen MR) is 133 cm³/mol. The van der Waals surface area contributed by atoms with Crippen LogP contribution < -0.4 is 10.2 Å². The summed E-state index contributed by atoms with van der Waals surface area (Å²) in [7, 11) is 0. The summed E-state index contributed by atoms with van der Waals surface area (Å²) < 4.78 is 5.54. The molecule has 0 spiro atoms. The van der Waals surface area contributed by atoms with E-state index in [1.807, 2.05) is 26.8 Å². The molecule has 0 bridgehead atoms. The Kier molecular flexibility index (Phi) is 6.86. The summed E-state index contributed by atoms with van der Waals surface area (Å²) in [6.07, 6.45) is 0. The maximum atomic E-state index is 13.8. The van der Waals surface area contributed by atoms with Gasteiger partial charge in [-0.2, -0.15) is 4.80 Å². The number of benzene rings is 2. The molecular weight excluding hydrogens is 460 g/mol. The van der Waals surface area contributed by atoms with E-state index in [-0.39, 0.29) is 24.0 Å². The number of amides is 2. The van der Waals surface area contributed by atoms with Crippen LogP contribution in [0.5, 0.6) is 5.75 Å². The second-order valence-corrected chi connectivity index (χ2v) is 9.39. The Morgan fingerprint density at radius 2 is 1.75 bits per heavy atom. The van der Waals surface area contributed by atoms with Crippen molar-refractivity contribution in [1.82, 2.24) is 25.5 Å². The number of anilines is 1. The monoisotopic (exact) mass is 488 g/mol. The van der Waals surface area contributed by atoms with Crippen LogP contribution >= 0.6 is 0 Å². The molecule has 2 heterocycles. The zero-order valence-corrected chi connectivity index (χ0v) is 20.5. The molecule has 2 N–H and O–H groups in total. The van der Waals surface area contributed by atoms with Crippen molar-refractivity contribution in [3.63, 3.8) is 0 Å². The average Bonchev–Trinajstić information content (AvgIpc) is 3.46. The van der Waals surface area contributed by atoms with Gasteiger partial charge < -0.3 is 14.8 Å². The standard InChI is InChI=1S/C26H28N6O4/c1-17-10-15-21(36-17)24-28-30-31(29-24)16-22(34)32(19-8-6-5-7-9-19)23(25(35)27-26(2,3)4)18-11-13-20(33)14-12-18/h5-15,23,33H,16H2,1-4H3,(H,27,35)/t23-/m0/s1. The molecule has 2 amide bonds. The number of aryl methyl sites for hydroxylation is 1. The van der Waals surface area contributed by atoms with Crippen molar-refractivity contribution in [3.8, 4) is 17.3 Å². The zero-order chi connectivity index (χ0) is 25.9. The number of furan rings is 1. The van der Waals surface area contributed by atoms with E-state index < -0.39 is 17.5 Å². The van der Waals surface area contributed by atoms with Crippen LogP contribution in [0, 0.1) is 6.92 Å². The van der Waals surface area contributed by atoms with Crippen LogP contribution in [0.15, 0.2) is 71.1 Å². The molecular formula is C26H28N6O4. The molecule has 0 saturated heterocycles. The normalized spacial score (nSPS) is 12.2. The van der Waals surface area contributed by atoms with Crippen LogP contribution in [0.1, 0.15) is 38.1 Å². The van der Waals surface area contributed by atoms with E-state index in [9.17, 15) is 14.7 Å². The largest absolute Gasteiger partial charge is 0.508 e. The van der Waals surface area contributed by atoms with E-state index in [0.717, 1.165) is 0 Å². The Balaban J connectivity index is 1.72. The summed E-state index contributed by atoms with van der Waals surface area (Å²) in [4.78, 5) is 29.9. The number of rotatable bonds is 7. The molecule has 0 saturated carbocycles. The third-order valence-corrected chi connectivity index (χ3v) is 5.21. The van der Waals surface area contributed by atoms with Gasteiger partial charge in [0.15, 0.2) is 5.76 Å². The van der Waals surface area contributed by atoms with Crippen LogP contribution in [-0.2, 0) is 16.1 Å². The highest BCUT2D eigenvalue weighted by Crippen LogP contribution is 2.30. The molecule has 0 aliphatic heterocycles. The molecule has 1 atom stereocenters. The minimum absolute atomic E-state index is 0.0545. The number of hydrogen-bond donors (Lipinski definition) is 2. The Morgan fingerprint density at radius 1 is 1.06 bits per heavy atom. The van der Waals surface area contributed by atoms with Gasteiger partial charge in [0.2, 0.25) is 11.7 Å². The molecule has 0 aliphatic rings. The fourth-order valence-corrected chi connectivity index (χ4v) is 3.70. The van der Waals surface area contributed by atoms with Crippen LogP contribution in [0.4, 0.5) is 5.69 Å². The number of nitrogens with one attached hydrogen (secondary N) is 1. The highest BCUT2D eigenvalue weighted by atomic mass is 16.3. The summed E-state index contributed by atoms with van der Waals surface area (Å²) in [5.74, 6) is 0.653. The van der Waals surface area contributed by atoms with Crippen molar-refractivity contribution in [2.45, 2.75) is 45.8 Å². The quantitative estimate of drug-likeness (QED) is 0.407. The van der Waals surface area contributed by atoms with E-state index >= 15 is 0 Å². The van der Waals surface area contributed by atoms with Gasteiger partial charge in [-0.3, -0.25) is 14.5 Å². The van der Waals surface area contributed by atoms with E-state index in [1.54, 1.807) is 55.5 Å². The topological polar surface area (TPSA) is 126 Å². The molecule has 186 valence electrons. The first kappa shape index (κ1) is 24.6. The third kappa shape index (κ3) is 5.77. The first-order valence-electron chi connectivity index (χ1n) is 11.4. The Hall–Kier alpha value is -4.47. The molecule has 4 aromatic rings. The lowest BCUT2D eigenvalue weighted by atomic mass is 10.0. The minimum Gasteiger partial charge on any atom is -0.508 e. The molecule has 2 aromatic heterocycles. The second kappa shape index (κ2) is 10.0. The van der Waals surface area contributed by atoms with Crippen LogP contribution in [0.3, 0.4) is 0 Å². The van der Waals surface area contributed by atoms with Crippen molar-refractivity contribution >= 4 is 17.5 Å². The van der Waals surface area contributed by atoms with Gasteiger partial charge in [-0.1, -0.05) is 30.3 Å². The molecule has 10 heteroatoms. The van der Waals surface area contributed by atoms with Crippen molar-refractivity contribution < 1.29 is 19.1 Å². The number of phenols is 1. The molecule has 0 aliphatic carbocycles. The van der Waals surface area contributed by atoms with Gasteiger partial charge in [0.05, 0.1) is 0 Å². The fourth-order valence-electron chi connectivity index (χ4n) is 3.70. The number of aromatic nitrogens is 4. The Labute approximate surface area is 208 Å². The first-order valence-corrected chi connectivity index (χ1v) is 11.4. The summed E-state index contributed by atoms with van der Waals surface area (Å²) in [5, 5.41) is 25.0. The minimum atomic E-state index is -1.02. The average molecular weight is 489 g/mol. The first-order chi connectivity index (χ1) is 17.1. The Morgan fingerprint density at radius 3 is 2.36 bits per heavy atom. The second-order valence-electron chi connectivity index (χ2n) is 9.39. The SMILES string of the molecule is Cc1ccc(-c2nnn(CC(=O)N(c3ccccc3)[C@H](C(=O)NC(C)(C)C)c3ccc(O)cc3)n2)o1. The number of aromatic hydroxyl groups is 1. The molecule has 4 rings (SSSR count). The van der Waals surface area contributed by atoms with E-state index in [1.165, 1.54) is 21.8 Å². The van der Waals surface area contributed by atoms with Crippen LogP contribution in [-0.4, -0.2) is 42.7 Å². The van der Waals surface area contributed by atoms with Gasteiger partial charge in [-0.15, -0.1) is 10.2 Å². The molecule has 0 unspecified atom stereocenters. The summed E-state index contributed by atoms with van der Waals surface area (Å²) in [5.41, 5.74) is 0.512. The fraction of sp³-hybridized carbons (Fsp3) is 0.269. The summed E-state index contributed by atoms with van der Waals surface area (Å²) >= 11 is 0. The number of carbonyl (C=O) groups excluding carboxylic acids is 2. The van der Waals surface area contributed by atoms with Gasteiger partial charge in [-0.25, -0.2) is 0 Å². The summed E-state index contributed by atoms with van der Waals surface area (Å²) in [6.45, 7) is 7.14. The Bertz CT molecular complexity index is 1340. The zero-order valence-electron chi connectivity index (χ0n) is 20.5. The van der Waals surface area contributed by atoms with Gasteiger partial charge in [0, 0.05) is 11.2 Å². The van der Waals surface area contributed by atoms with Crippen molar-refractivity contribution in [2.24, 2.45) is 0 Å². The number of nitrogens with zero attached hydrogens (tertiary/aromatic N) is 5. The number of para-hydroxylation sites is 1. The maximum absolute atomic E-state index is 13.8. The smallest absolute Gasteiger partial charge is 0.251 e. The van der Waals surface area contributed by atoms with E-state index in [2.05, 4.69) is 20.7 Å². The molecule has 0 fully saturated rings. The highest BCUT2D eigenvalue weighted by Gasteiger charge is 2.34. The lowest BCUT2D eigenvalue weighted by Crippen LogP contribution is -2.50. The molecule has 36 heavy (non-hydrogen) atoms. The van der Waals surface area contributed by atoms with Crippen LogP contribution in [0.25, 0.3) is 11.6 Å². The lowest BCUT2D eigenvalue weighted by Gasteiger charge is -2.33. The van der Waals surface area contributed by atoms with Gasteiger partial charge in [-0.05, 0) is 74.9 Å². The number of carbonyl (C=O) groups is 2. The third-order valence-electron chi connectivity index (χ3n) is 5.21. The number of hydrogen-bond acceptors (Lipinski definition) is 7. The van der Waals surface area contributed by atoms with Crippen molar-refractivity contribution in [2.75, 3.05) is 4.90 Å². The molecule has 0 radical (unpaired) electrons. The van der Waals surface area contributed by atoms with Crippen molar-refractivity contribution in [1.29, 1.82) is 0 Å². The highest BCUT2D eigenvalue weighted by molar-refractivity contribution is 6.01. The lowest BCUT2D eigenvalue weighted by molar-refractivity contribution is -0.128. The van der Waals surface area contributed by atoms with Crippen molar-refractivity contribution in [3.05, 3.63) is 78.1 Å². The summed E-state index contributed by atoms with van der Waals surface area (Å²) in [6, 6.07) is 17.6. The van der Waals surface area contributed by atoms with Crippen LogP contribution in [0.2, 0.25) is 0 Å². The maximum Gasteiger partial charge on any atom is 0.251 e. The van der Waals surface area contributed by atoms with Gasteiger partial charge in [0.25, 0.3) is 5.91 Å².